The minimum Gasteiger partial charge on any atom is -0.295 e. The minimum atomic E-state index is 0.0932. The van der Waals surface area contributed by atoms with E-state index in [1.807, 2.05) is 13.8 Å². The molecule has 0 aromatic heterocycles. The van der Waals surface area contributed by atoms with Gasteiger partial charge in [-0.25, -0.2) is 0 Å². The zero-order valence-electron chi connectivity index (χ0n) is 8.69. The highest BCUT2D eigenvalue weighted by atomic mass is 16.1. The van der Waals surface area contributed by atoms with Gasteiger partial charge >= 0.3 is 0 Å². The lowest BCUT2D eigenvalue weighted by Crippen LogP contribution is -2.18. The van der Waals surface area contributed by atoms with Crippen molar-refractivity contribution in [3.63, 3.8) is 0 Å². The van der Waals surface area contributed by atoms with Gasteiger partial charge in [-0.3, -0.25) is 4.79 Å². The van der Waals surface area contributed by atoms with E-state index in [0.29, 0.717) is 11.7 Å². The molecule has 1 nitrogen and oxygen atoms in total. The molecule has 0 amide bonds. The molecule has 1 unspecified atom stereocenters. The van der Waals surface area contributed by atoms with E-state index in [1.54, 1.807) is 0 Å². The number of hydrogen-bond donors (Lipinski definition) is 0. The Morgan fingerprint density at radius 1 is 1.42 bits per heavy atom. The highest BCUT2D eigenvalue weighted by Gasteiger charge is 2.41. The van der Waals surface area contributed by atoms with Gasteiger partial charge in [0.2, 0.25) is 0 Å². The van der Waals surface area contributed by atoms with E-state index in [4.69, 9.17) is 0 Å². The summed E-state index contributed by atoms with van der Waals surface area (Å²) < 4.78 is 0. The maximum atomic E-state index is 11.6. The van der Waals surface area contributed by atoms with Crippen LogP contribution in [0.15, 0.2) is 11.1 Å². The van der Waals surface area contributed by atoms with Crippen LogP contribution in [-0.2, 0) is 4.79 Å². The number of Topliss-reactive ketones (excluding diaryl/α,β-unsaturated/α-hetero) is 1. The Morgan fingerprint density at radius 2 is 1.92 bits per heavy atom. The Bertz CT molecular complexity index is 242. The maximum Gasteiger partial charge on any atom is 0.159 e. The third kappa shape index (κ3) is 1.21. The van der Waals surface area contributed by atoms with Gasteiger partial charge in [0.15, 0.2) is 5.78 Å². The Labute approximate surface area is 74.9 Å². The molecule has 1 heteroatoms. The standard InChI is InChI=1S/C11H18O/c1-7(2)10-9(12)6-8(3)11(10,4)5/h8H,6H2,1-5H3. The van der Waals surface area contributed by atoms with Gasteiger partial charge in [-0.05, 0) is 30.8 Å². The Hall–Kier alpha value is -0.590. The summed E-state index contributed by atoms with van der Waals surface area (Å²) in [4.78, 5) is 11.6. The molecule has 0 spiro atoms. The summed E-state index contributed by atoms with van der Waals surface area (Å²) >= 11 is 0. The van der Waals surface area contributed by atoms with Crippen molar-refractivity contribution in [3.8, 4) is 0 Å². The fourth-order valence-corrected chi connectivity index (χ4v) is 2.16. The fraction of sp³-hybridized carbons (Fsp3) is 0.727. The first-order chi connectivity index (χ1) is 5.37. The predicted molar refractivity (Wildman–Crippen MR) is 50.9 cm³/mol. The van der Waals surface area contributed by atoms with Crippen molar-refractivity contribution in [2.45, 2.75) is 41.0 Å². The number of rotatable bonds is 0. The number of carbonyl (C=O) groups is 1. The van der Waals surface area contributed by atoms with Gasteiger partial charge in [0.1, 0.15) is 0 Å². The van der Waals surface area contributed by atoms with E-state index in [9.17, 15) is 4.79 Å². The molecule has 0 aromatic carbocycles. The molecule has 1 atom stereocenters. The van der Waals surface area contributed by atoms with Crippen LogP contribution in [0.3, 0.4) is 0 Å². The molecule has 0 heterocycles. The maximum absolute atomic E-state index is 11.6. The van der Waals surface area contributed by atoms with Crippen LogP contribution in [0.2, 0.25) is 0 Å². The molecule has 0 radical (unpaired) electrons. The molecule has 1 saturated carbocycles. The fourth-order valence-electron chi connectivity index (χ4n) is 2.16. The van der Waals surface area contributed by atoms with Crippen molar-refractivity contribution >= 4 is 5.78 Å². The van der Waals surface area contributed by atoms with Crippen LogP contribution in [0.25, 0.3) is 0 Å². The van der Waals surface area contributed by atoms with Gasteiger partial charge in [0.25, 0.3) is 0 Å². The average Bonchev–Trinajstić information content (AvgIpc) is 2.02. The van der Waals surface area contributed by atoms with E-state index < -0.39 is 0 Å². The zero-order chi connectivity index (χ0) is 9.52. The van der Waals surface area contributed by atoms with Gasteiger partial charge < -0.3 is 0 Å². The van der Waals surface area contributed by atoms with Crippen LogP contribution in [0.5, 0.6) is 0 Å². The summed E-state index contributed by atoms with van der Waals surface area (Å²) in [5.74, 6) is 0.849. The van der Waals surface area contributed by atoms with Gasteiger partial charge in [-0.2, -0.15) is 0 Å². The van der Waals surface area contributed by atoms with E-state index >= 15 is 0 Å². The lowest BCUT2D eigenvalue weighted by atomic mass is 9.78. The van der Waals surface area contributed by atoms with Crippen molar-refractivity contribution in [2.75, 3.05) is 0 Å². The number of ketones is 1. The first-order valence-electron chi connectivity index (χ1n) is 4.58. The monoisotopic (exact) mass is 166 g/mol. The SMILES string of the molecule is CC(C)=C1C(=O)CC(C)C1(C)C. The summed E-state index contributed by atoms with van der Waals surface area (Å²) in [7, 11) is 0. The first kappa shape index (κ1) is 9.50. The summed E-state index contributed by atoms with van der Waals surface area (Å²) in [5, 5.41) is 0. The Morgan fingerprint density at radius 3 is 2.08 bits per heavy atom. The lowest BCUT2D eigenvalue weighted by Gasteiger charge is -2.25. The minimum absolute atomic E-state index is 0.0932. The molecular weight excluding hydrogens is 148 g/mol. The predicted octanol–water partition coefficient (Wildman–Crippen LogP) is 2.96. The van der Waals surface area contributed by atoms with Gasteiger partial charge in [-0.15, -0.1) is 0 Å². The van der Waals surface area contributed by atoms with Crippen molar-refractivity contribution in [3.05, 3.63) is 11.1 Å². The lowest BCUT2D eigenvalue weighted by molar-refractivity contribution is -0.114. The van der Waals surface area contributed by atoms with Crippen molar-refractivity contribution in [1.29, 1.82) is 0 Å². The van der Waals surface area contributed by atoms with Crippen LogP contribution in [0.4, 0.5) is 0 Å². The number of allylic oxidation sites excluding steroid dienone is 2. The molecule has 0 aliphatic heterocycles. The second-order valence-electron chi connectivity index (χ2n) is 4.63. The van der Waals surface area contributed by atoms with Crippen molar-refractivity contribution in [2.24, 2.45) is 11.3 Å². The second-order valence-corrected chi connectivity index (χ2v) is 4.63. The van der Waals surface area contributed by atoms with Crippen LogP contribution >= 0.6 is 0 Å². The number of carbonyl (C=O) groups excluding carboxylic acids is 1. The highest BCUT2D eigenvalue weighted by Crippen LogP contribution is 2.45. The van der Waals surface area contributed by atoms with Crippen molar-refractivity contribution < 1.29 is 4.79 Å². The van der Waals surface area contributed by atoms with E-state index in [1.165, 1.54) is 5.57 Å². The molecule has 1 rings (SSSR count). The third-order valence-corrected chi connectivity index (χ3v) is 3.15. The van der Waals surface area contributed by atoms with E-state index in [-0.39, 0.29) is 5.41 Å². The first-order valence-corrected chi connectivity index (χ1v) is 4.58. The molecule has 0 aromatic rings. The van der Waals surface area contributed by atoms with Gasteiger partial charge in [0, 0.05) is 6.42 Å². The molecule has 1 aliphatic carbocycles. The van der Waals surface area contributed by atoms with E-state index in [0.717, 1.165) is 12.0 Å². The topological polar surface area (TPSA) is 17.1 Å². The molecule has 0 bridgehead atoms. The molecular formula is C11H18O. The molecule has 1 fully saturated rings. The van der Waals surface area contributed by atoms with Crippen LogP contribution in [-0.4, -0.2) is 5.78 Å². The number of hydrogen-bond acceptors (Lipinski definition) is 1. The van der Waals surface area contributed by atoms with Crippen LogP contribution in [0.1, 0.15) is 41.0 Å². The smallest absolute Gasteiger partial charge is 0.159 e. The van der Waals surface area contributed by atoms with Crippen molar-refractivity contribution in [1.82, 2.24) is 0 Å². The van der Waals surface area contributed by atoms with Crippen LogP contribution in [0, 0.1) is 11.3 Å². The zero-order valence-corrected chi connectivity index (χ0v) is 8.69. The molecule has 68 valence electrons. The Balaban J connectivity index is 3.17. The summed E-state index contributed by atoms with van der Waals surface area (Å²) in [6.45, 7) is 10.6. The normalized spacial score (nSPS) is 27.9. The van der Waals surface area contributed by atoms with Crippen LogP contribution < -0.4 is 0 Å². The molecule has 12 heavy (non-hydrogen) atoms. The van der Waals surface area contributed by atoms with E-state index in [2.05, 4.69) is 20.8 Å². The van der Waals surface area contributed by atoms with Gasteiger partial charge in [0.05, 0.1) is 0 Å². The summed E-state index contributed by atoms with van der Waals surface area (Å²) in [6.07, 6.45) is 0.730. The second kappa shape index (κ2) is 2.72. The Kier molecular flexibility index (Phi) is 2.15. The molecule has 0 N–H and O–H groups in total. The highest BCUT2D eigenvalue weighted by molar-refractivity contribution is 5.99. The molecule has 0 saturated heterocycles. The molecule has 1 aliphatic rings. The largest absolute Gasteiger partial charge is 0.295 e. The quantitative estimate of drug-likeness (QED) is 0.506. The third-order valence-electron chi connectivity index (χ3n) is 3.15. The average molecular weight is 166 g/mol. The summed E-state index contributed by atoms with van der Waals surface area (Å²) in [5.41, 5.74) is 2.35. The van der Waals surface area contributed by atoms with Gasteiger partial charge in [-0.1, -0.05) is 26.3 Å². The summed E-state index contributed by atoms with van der Waals surface area (Å²) in [6, 6.07) is 0.